The van der Waals surface area contributed by atoms with Crippen molar-refractivity contribution in [3.05, 3.63) is 22.7 Å². The van der Waals surface area contributed by atoms with Gasteiger partial charge in [-0.2, -0.15) is 0 Å². The van der Waals surface area contributed by atoms with Crippen LogP contribution in [0.4, 0.5) is 11.4 Å². The van der Waals surface area contributed by atoms with Gasteiger partial charge in [0.05, 0.1) is 18.0 Å². The molecule has 0 spiro atoms. The first-order valence-electron chi connectivity index (χ1n) is 5.45. The van der Waals surface area contributed by atoms with Gasteiger partial charge in [-0.1, -0.05) is 29.8 Å². The number of rotatable bonds is 5. The van der Waals surface area contributed by atoms with Crippen LogP contribution in [0.1, 0.15) is 20.3 Å². The number of aliphatic hydroxyl groups excluding tert-OH is 1. The van der Waals surface area contributed by atoms with Gasteiger partial charge in [0, 0.05) is 10.5 Å². The molecule has 0 fully saturated rings. The van der Waals surface area contributed by atoms with E-state index in [1.807, 2.05) is 18.2 Å². The van der Waals surface area contributed by atoms with Crippen LogP contribution in [-0.4, -0.2) is 17.8 Å². The number of benzene rings is 1. The molecule has 4 heteroatoms. The van der Waals surface area contributed by atoms with Gasteiger partial charge in [0.1, 0.15) is 0 Å². The molecule has 1 aromatic carbocycles. The van der Waals surface area contributed by atoms with E-state index in [0.29, 0.717) is 11.6 Å². The quantitative estimate of drug-likeness (QED) is 0.730. The SMILES string of the molecule is CC(C)CC(CO)Nc1ccc(Br)cc1N. The van der Waals surface area contributed by atoms with Gasteiger partial charge in [0.2, 0.25) is 0 Å². The van der Waals surface area contributed by atoms with Gasteiger partial charge in [-0.3, -0.25) is 0 Å². The second kappa shape index (κ2) is 6.11. The molecule has 3 nitrogen and oxygen atoms in total. The van der Waals surface area contributed by atoms with E-state index in [4.69, 9.17) is 5.73 Å². The maximum absolute atomic E-state index is 9.27. The van der Waals surface area contributed by atoms with E-state index >= 15 is 0 Å². The fourth-order valence-electron chi connectivity index (χ4n) is 1.63. The van der Waals surface area contributed by atoms with Crippen molar-refractivity contribution in [1.82, 2.24) is 0 Å². The standard InChI is InChI=1S/C12H19BrN2O/c1-8(2)5-10(7-16)15-12-4-3-9(13)6-11(12)14/h3-4,6,8,10,15-16H,5,7,14H2,1-2H3. The van der Waals surface area contributed by atoms with E-state index in [1.54, 1.807) is 0 Å². The van der Waals surface area contributed by atoms with Crippen LogP contribution in [0.3, 0.4) is 0 Å². The lowest BCUT2D eigenvalue weighted by atomic mass is 10.0. The third-order valence-electron chi connectivity index (χ3n) is 2.35. The summed E-state index contributed by atoms with van der Waals surface area (Å²) in [6, 6.07) is 5.76. The molecule has 90 valence electrons. The number of nitrogen functional groups attached to an aromatic ring is 1. The van der Waals surface area contributed by atoms with Crippen LogP contribution in [0.15, 0.2) is 22.7 Å². The Labute approximate surface area is 105 Å². The molecular formula is C12H19BrN2O. The molecule has 1 rings (SSSR count). The number of aliphatic hydroxyl groups is 1. The van der Waals surface area contributed by atoms with Crippen LogP contribution in [0, 0.1) is 5.92 Å². The van der Waals surface area contributed by atoms with Crippen LogP contribution in [-0.2, 0) is 0 Å². The normalized spacial score (nSPS) is 12.8. The molecule has 0 aromatic heterocycles. The fourth-order valence-corrected chi connectivity index (χ4v) is 2.01. The minimum Gasteiger partial charge on any atom is -0.397 e. The summed E-state index contributed by atoms with van der Waals surface area (Å²) in [5.41, 5.74) is 7.45. The lowest BCUT2D eigenvalue weighted by molar-refractivity contribution is 0.259. The average molecular weight is 287 g/mol. The predicted molar refractivity (Wildman–Crippen MR) is 72.5 cm³/mol. The lowest BCUT2D eigenvalue weighted by Crippen LogP contribution is -2.26. The summed E-state index contributed by atoms with van der Waals surface area (Å²) in [4.78, 5) is 0. The molecule has 0 aliphatic heterocycles. The number of nitrogens with two attached hydrogens (primary N) is 1. The zero-order chi connectivity index (χ0) is 12.1. The first-order valence-corrected chi connectivity index (χ1v) is 6.24. The van der Waals surface area contributed by atoms with E-state index in [1.165, 1.54) is 0 Å². The van der Waals surface area contributed by atoms with Crippen molar-refractivity contribution in [3.8, 4) is 0 Å². The Morgan fingerprint density at radius 3 is 2.62 bits per heavy atom. The van der Waals surface area contributed by atoms with Crippen molar-refractivity contribution in [2.24, 2.45) is 5.92 Å². The van der Waals surface area contributed by atoms with Crippen LogP contribution >= 0.6 is 15.9 Å². The van der Waals surface area contributed by atoms with Crippen LogP contribution in [0.2, 0.25) is 0 Å². The van der Waals surface area contributed by atoms with Crippen molar-refractivity contribution in [2.75, 3.05) is 17.7 Å². The highest BCUT2D eigenvalue weighted by Crippen LogP contribution is 2.24. The van der Waals surface area contributed by atoms with Crippen molar-refractivity contribution in [1.29, 1.82) is 0 Å². The third kappa shape index (κ3) is 4.02. The number of hydrogen-bond acceptors (Lipinski definition) is 3. The monoisotopic (exact) mass is 286 g/mol. The third-order valence-corrected chi connectivity index (χ3v) is 2.84. The zero-order valence-corrected chi connectivity index (χ0v) is 11.3. The summed E-state index contributed by atoms with van der Waals surface area (Å²) in [6.45, 7) is 4.39. The highest BCUT2D eigenvalue weighted by Gasteiger charge is 2.10. The molecule has 1 unspecified atom stereocenters. The summed E-state index contributed by atoms with van der Waals surface area (Å²) in [7, 11) is 0. The predicted octanol–water partition coefficient (Wildman–Crippen LogP) is 2.85. The van der Waals surface area contributed by atoms with Gasteiger partial charge in [-0.05, 0) is 30.5 Å². The van der Waals surface area contributed by atoms with Crippen molar-refractivity contribution in [2.45, 2.75) is 26.3 Å². The smallest absolute Gasteiger partial charge is 0.0632 e. The first-order chi connectivity index (χ1) is 7.52. The Balaban J connectivity index is 2.70. The van der Waals surface area contributed by atoms with Gasteiger partial charge in [-0.15, -0.1) is 0 Å². The molecule has 0 amide bonds. The maximum atomic E-state index is 9.27. The molecule has 0 saturated heterocycles. The van der Waals surface area contributed by atoms with E-state index in [-0.39, 0.29) is 12.6 Å². The largest absolute Gasteiger partial charge is 0.397 e. The van der Waals surface area contributed by atoms with E-state index < -0.39 is 0 Å². The molecule has 0 heterocycles. The minimum atomic E-state index is 0.0588. The van der Waals surface area contributed by atoms with Crippen LogP contribution < -0.4 is 11.1 Å². The summed E-state index contributed by atoms with van der Waals surface area (Å²) < 4.78 is 0.958. The number of halogens is 1. The molecule has 0 aliphatic carbocycles. The average Bonchev–Trinajstić information content (AvgIpc) is 2.20. The summed E-state index contributed by atoms with van der Waals surface area (Å²) in [6.07, 6.45) is 0.923. The topological polar surface area (TPSA) is 58.3 Å². The second-order valence-electron chi connectivity index (χ2n) is 4.38. The molecule has 4 N–H and O–H groups in total. The van der Waals surface area contributed by atoms with Gasteiger partial charge in [0.25, 0.3) is 0 Å². The Morgan fingerprint density at radius 2 is 2.12 bits per heavy atom. The van der Waals surface area contributed by atoms with Crippen molar-refractivity contribution < 1.29 is 5.11 Å². The molecular weight excluding hydrogens is 268 g/mol. The highest BCUT2D eigenvalue weighted by molar-refractivity contribution is 9.10. The van der Waals surface area contributed by atoms with Gasteiger partial charge in [-0.25, -0.2) is 0 Å². The Kier molecular flexibility index (Phi) is 5.09. The Hall–Kier alpha value is -0.740. The molecule has 16 heavy (non-hydrogen) atoms. The molecule has 0 bridgehead atoms. The van der Waals surface area contributed by atoms with E-state index in [2.05, 4.69) is 35.1 Å². The molecule has 0 radical (unpaired) electrons. The molecule has 1 atom stereocenters. The highest BCUT2D eigenvalue weighted by atomic mass is 79.9. The summed E-state index contributed by atoms with van der Waals surface area (Å²) >= 11 is 3.36. The van der Waals surface area contributed by atoms with E-state index in [0.717, 1.165) is 16.6 Å². The molecule has 1 aromatic rings. The van der Waals surface area contributed by atoms with Crippen LogP contribution in [0.5, 0.6) is 0 Å². The number of anilines is 2. The van der Waals surface area contributed by atoms with Crippen molar-refractivity contribution in [3.63, 3.8) is 0 Å². The minimum absolute atomic E-state index is 0.0588. The van der Waals surface area contributed by atoms with Crippen molar-refractivity contribution >= 4 is 27.3 Å². The maximum Gasteiger partial charge on any atom is 0.0632 e. The molecule has 0 saturated carbocycles. The van der Waals surface area contributed by atoms with E-state index in [9.17, 15) is 5.11 Å². The van der Waals surface area contributed by atoms with Gasteiger partial charge < -0.3 is 16.2 Å². The first kappa shape index (κ1) is 13.3. The number of nitrogens with one attached hydrogen (secondary N) is 1. The Morgan fingerprint density at radius 1 is 1.44 bits per heavy atom. The lowest BCUT2D eigenvalue weighted by Gasteiger charge is -2.20. The summed E-state index contributed by atoms with van der Waals surface area (Å²) in [5, 5.41) is 12.5. The van der Waals surface area contributed by atoms with Crippen LogP contribution in [0.25, 0.3) is 0 Å². The fraction of sp³-hybridized carbons (Fsp3) is 0.500. The summed E-state index contributed by atoms with van der Waals surface area (Å²) in [5.74, 6) is 0.543. The van der Waals surface area contributed by atoms with Gasteiger partial charge >= 0.3 is 0 Å². The number of hydrogen-bond donors (Lipinski definition) is 3. The Bertz CT molecular complexity index is 342. The zero-order valence-electron chi connectivity index (χ0n) is 9.70. The second-order valence-corrected chi connectivity index (χ2v) is 5.30. The van der Waals surface area contributed by atoms with Gasteiger partial charge in [0.15, 0.2) is 0 Å². The molecule has 0 aliphatic rings.